The van der Waals surface area contributed by atoms with Crippen molar-refractivity contribution in [3.63, 3.8) is 0 Å². The van der Waals surface area contributed by atoms with E-state index in [4.69, 9.17) is 0 Å². The van der Waals surface area contributed by atoms with E-state index >= 15 is 0 Å². The Hall–Kier alpha value is -0.950. The second-order valence-corrected chi connectivity index (χ2v) is 8.91. The molecule has 2 aliphatic heterocycles. The van der Waals surface area contributed by atoms with Crippen molar-refractivity contribution in [3.05, 3.63) is 35.9 Å². The first-order valence-electron chi connectivity index (χ1n) is 9.10. The van der Waals surface area contributed by atoms with Gasteiger partial charge in [-0.1, -0.05) is 37.3 Å². The van der Waals surface area contributed by atoms with Gasteiger partial charge in [0.25, 0.3) is 10.2 Å². The first-order valence-corrected chi connectivity index (χ1v) is 10.5. The molecule has 3 rings (SSSR count). The van der Waals surface area contributed by atoms with E-state index in [1.807, 2.05) is 6.07 Å². The van der Waals surface area contributed by atoms with Gasteiger partial charge in [0.2, 0.25) is 0 Å². The van der Waals surface area contributed by atoms with Crippen LogP contribution in [0.25, 0.3) is 0 Å². The molecule has 2 saturated heterocycles. The second-order valence-electron chi connectivity index (χ2n) is 6.98. The first kappa shape index (κ1) is 17.9. The molecule has 2 heterocycles. The van der Waals surface area contributed by atoms with Gasteiger partial charge in [-0.05, 0) is 37.3 Å². The van der Waals surface area contributed by atoms with Gasteiger partial charge in [-0.25, -0.2) is 0 Å². The topological polar surface area (TPSA) is 43.9 Å². The molecule has 2 fully saturated rings. The minimum absolute atomic E-state index is 0.466. The SMILES string of the molecule is C[C@@H](CN1CCCN(S(=O)(=O)N2CCCC2)CC1)c1ccccc1. The molecule has 6 heteroatoms. The monoisotopic (exact) mass is 351 g/mol. The van der Waals surface area contributed by atoms with Gasteiger partial charge in [0.15, 0.2) is 0 Å². The largest absolute Gasteiger partial charge is 0.301 e. The van der Waals surface area contributed by atoms with Crippen LogP contribution in [-0.2, 0) is 10.2 Å². The Morgan fingerprint density at radius 2 is 1.50 bits per heavy atom. The summed E-state index contributed by atoms with van der Waals surface area (Å²) in [6.45, 7) is 7.67. The number of hydrogen-bond donors (Lipinski definition) is 0. The van der Waals surface area contributed by atoms with Crippen LogP contribution in [0.4, 0.5) is 0 Å². The van der Waals surface area contributed by atoms with E-state index in [1.54, 1.807) is 8.61 Å². The normalized spacial score (nSPS) is 23.2. The summed E-state index contributed by atoms with van der Waals surface area (Å²) in [5.74, 6) is 0.466. The van der Waals surface area contributed by atoms with Crippen LogP contribution < -0.4 is 0 Å². The van der Waals surface area contributed by atoms with Gasteiger partial charge in [0.05, 0.1) is 0 Å². The summed E-state index contributed by atoms with van der Waals surface area (Å²) in [7, 11) is -3.25. The lowest BCUT2D eigenvalue weighted by atomic mass is 10.0. The minimum Gasteiger partial charge on any atom is -0.301 e. The molecular formula is C18H29N3O2S. The molecule has 0 saturated carbocycles. The number of nitrogens with zero attached hydrogens (tertiary/aromatic N) is 3. The van der Waals surface area contributed by atoms with Crippen LogP contribution in [0.1, 0.15) is 37.7 Å². The van der Waals surface area contributed by atoms with Gasteiger partial charge in [0.1, 0.15) is 0 Å². The summed E-state index contributed by atoms with van der Waals surface area (Å²) in [5.41, 5.74) is 1.35. The quantitative estimate of drug-likeness (QED) is 0.816. The highest BCUT2D eigenvalue weighted by atomic mass is 32.2. The van der Waals surface area contributed by atoms with Crippen LogP contribution in [0.5, 0.6) is 0 Å². The van der Waals surface area contributed by atoms with Gasteiger partial charge in [-0.2, -0.15) is 17.0 Å². The fourth-order valence-corrected chi connectivity index (χ4v) is 5.44. The average molecular weight is 352 g/mol. The second kappa shape index (κ2) is 7.95. The van der Waals surface area contributed by atoms with Crippen molar-refractivity contribution < 1.29 is 8.42 Å². The predicted octanol–water partition coefficient (Wildman–Crippen LogP) is 2.14. The van der Waals surface area contributed by atoms with Crippen LogP contribution in [-0.4, -0.2) is 67.7 Å². The minimum atomic E-state index is -3.25. The molecule has 0 aromatic heterocycles. The van der Waals surface area contributed by atoms with E-state index in [0.717, 1.165) is 38.9 Å². The Labute approximate surface area is 146 Å². The maximum atomic E-state index is 12.7. The summed E-state index contributed by atoms with van der Waals surface area (Å²) in [4.78, 5) is 2.41. The molecule has 1 atom stereocenters. The highest BCUT2D eigenvalue weighted by molar-refractivity contribution is 7.86. The molecule has 0 radical (unpaired) electrons. The lowest BCUT2D eigenvalue weighted by Crippen LogP contribution is -2.44. The van der Waals surface area contributed by atoms with Crippen molar-refractivity contribution >= 4 is 10.2 Å². The first-order chi connectivity index (χ1) is 11.6. The molecule has 0 N–H and O–H groups in total. The van der Waals surface area contributed by atoms with Gasteiger partial charge in [-0.15, -0.1) is 0 Å². The highest BCUT2D eigenvalue weighted by Crippen LogP contribution is 2.20. The summed E-state index contributed by atoms with van der Waals surface area (Å²) < 4.78 is 28.8. The molecule has 0 amide bonds. The van der Waals surface area contributed by atoms with Crippen molar-refractivity contribution in [2.45, 2.75) is 32.1 Å². The van der Waals surface area contributed by atoms with Crippen molar-refractivity contribution in [3.8, 4) is 0 Å². The molecule has 24 heavy (non-hydrogen) atoms. The van der Waals surface area contributed by atoms with Crippen LogP contribution in [0, 0.1) is 0 Å². The smallest absolute Gasteiger partial charge is 0.282 e. The Kier molecular flexibility index (Phi) is 5.92. The zero-order valence-corrected chi connectivity index (χ0v) is 15.4. The van der Waals surface area contributed by atoms with Crippen molar-refractivity contribution in [2.24, 2.45) is 0 Å². The molecule has 0 bridgehead atoms. The Balaban J connectivity index is 1.57. The standard InChI is InChI=1S/C18H29N3O2S/c1-17(18-8-3-2-4-9-18)16-19-10-7-13-21(15-14-19)24(22,23)20-11-5-6-12-20/h2-4,8-9,17H,5-7,10-16H2,1H3/t17-/m0/s1. The van der Waals surface area contributed by atoms with Crippen LogP contribution >= 0.6 is 0 Å². The molecule has 0 unspecified atom stereocenters. The van der Waals surface area contributed by atoms with Crippen LogP contribution in [0.3, 0.4) is 0 Å². The van der Waals surface area contributed by atoms with E-state index < -0.39 is 10.2 Å². The van der Waals surface area contributed by atoms with Crippen molar-refractivity contribution in [1.82, 2.24) is 13.5 Å². The Bertz CT molecular complexity index is 614. The van der Waals surface area contributed by atoms with Crippen LogP contribution in [0.15, 0.2) is 30.3 Å². The Morgan fingerprint density at radius 1 is 0.875 bits per heavy atom. The fourth-order valence-electron chi connectivity index (χ4n) is 3.72. The molecule has 0 spiro atoms. The fraction of sp³-hybridized carbons (Fsp3) is 0.667. The van der Waals surface area contributed by atoms with Crippen LogP contribution in [0.2, 0.25) is 0 Å². The molecular weight excluding hydrogens is 322 g/mol. The highest BCUT2D eigenvalue weighted by Gasteiger charge is 2.32. The number of benzene rings is 1. The van der Waals surface area contributed by atoms with Crippen molar-refractivity contribution in [2.75, 3.05) is 45.8 Å². The van der Waals surface area contributed by atoms with Gasteiger partial charge in [-0.3, -0.25) is 0 Å². The summed E-state index contributed by atoms with van der Waals surface area (Å²) in [6.07, 6.45) is 2.90. The number of rotatable bonds is 5. The third kappa shape index (κ3) is 4.17. The summed E-state index contributed by atoms with van der Waals surface area (Å²) >= 11 is 0. The summed E-state index contributed by atoms with van der Waals surface area (Å²) in [6, 6.07) is 10.6. The Morgan fingerprint density at radius 3 is 2.21 bits per heavy atom. The zero-order chi connectivity index (χ0) is 17.0. The number of hydrogen-bond acceptors (Lipinski definition) is 3. The predicted molar refractivity (Wildman–Crippen MR) is 97.2 cm³/mol. The average Bonchev–Trinajstić information content (AvgIpc) is 3.04. The van der Waals surface area contributed by atoms with E-state index in [1.165, 1.54) is 5.56 Å². The lowest BCUT2D eigenvalue weighted by Gasteiger charge is -2.27. The summed E-state index contributed by atoms with van der Waals surface area (Å²) in [5, 5.41) is 0. The van der Waals surface area contributed by atoms with E-state index in [2.05, 4.69) is 36.1 Å². The third-order valence-corrected chi connectivity index (χ3v) is 7.20. The van der Waals surface area contributed by atoms with E-state index in [-0.39, 0.29) is 0 Å². The molecule has 1 aromatic rings. The third-order valence-electron chi connectivity index (χ3n) is 5.17. The van der Waals surface area contributed by atoms with Gasteiger partial charge >= 0.3 is 0 Å². The molecule has 5 nitrogen and oxygen atoms in total. The molecule has 2 aliphatic rings. The zero-order valence-electron chi connectivity index (χ0n) is 14.6. The van der Waals surface area contributed by atoms with E-state index in [0.29, 0.717) is 32.1 Å². The maximum absolute atomic E-state index is 12.7. The van der Waals surface area contributed by atoms with Gasteiger partial charge in [0, 0.05) is 39.3 Å². The van der Waals surface area contributed by atoms with Crippen molar-refractivity contribution in [1.29, 1.82) is 0 Å². The van der Waals surface area contributed by atoms with Gasteiger partial charge < -0.3 is 4.90 Å². The molecule has 1 aromatic carbocycles. The molecule has 134 valence electrons. The molecule has 0 aliphatic carbocycles. The lowest BCUT2D eigenvalue weighted by molar-refractivity contribution is 0.271. The maximum Gasteiger partial charge on any atom is 0.282 e. The van der Waals surface area contributed by atoms with E-state index in [9.17, 15) is 8.42 Å².